The van der Waals surface area contributed by atoms with Gasteiger partial charge in [0.05, 0.1) is 10.9 Å². The fourth-order valence-corrected chi connectivity index (χ4v) is 4.96. The molecule has 0 saturated carbocycles. The summed E-state index contributed by atoms with van der Waals surface area (Å²) in [6.07, 6.45) is -11.3. The Balaban J connectivity index is 1.68. The van der Waals surface area contributed by atoms with Gasteiger partial charge in [-0.3, -0.25) is 9.59 Å². The number of ether oxygens (including phenoxy) is 2. The number of carbonyl (C=O) groups excluding carboxylic acids is 1. The highest BCUT2D eigenvalue weighted by Gasteiger charge is 2.33. The molecular formula is C27H24F7N3O7. The van der Waals surface area contributed by atoms with Crippen molar-refractivity contribution in [2.45, 2.75) is 51.5 Å². The van der Waals surface area contributed by atoms with Crippen molar-refractivity contribution in [2.75, 3.05) is 18.0 Å². The molecule has 17 heteroatoms. The lowest BCUT2D eigenvalue weighted by Crippen LogP contribution is -2.38. The van der Waals surface area contributed by atoms with Crippen LogP contribution in [-0.2, 0) is 17.8 Å². The highest BCUT2D eigenvalue weighted by Crippen LogP contribution is 2.39. The molecule has 1 aromatic heterocycles. The molecule has 3 N–H and O–H groups in total. The lowest BCUT2D eigenvalue weighted by atomic mass is 10.0. The summed E-state index contributed by atoms with van der Waals surface area (Å²) in [4.78, 5) is 38.3. The van der Waals surface area contributed by atoms with Crippen molar-refractivity contribution in [3.05, 3.63) is 63.2 Å². The molecule has 2 heterocycles. The van der Waals surface area contributed by atoms with E-state index in [2.05, 4.69) is 14.8 Å². The molecular weight excluding hydrogens is 611 g/mol. The van der Waals surface area contributed by atoms with Crippen LogP contribution in [0.15, 0.2) is 35.3 Å². The predicted molar refractivity (Wildman–Crippen MR) is 139 cm³/mol. The number of anilines is 1. The summed E-state index contributed by atoms with van der Waals surface area (Å²) in [6, 6.07) is 3.86. The number of amides is 1. The van der Waals surface area contributed by atoms with Crippen LogP contribution in [0.5, 0.6) is 11.5 Å². The van der Waals surface area contributed by atoms with E-state index in [-0.39, 0.29) is 38.0 Å². The van der Waals surface area contributed by atoms with Crippen molar-refractivity contribution in [3.63, 3.8) is 0 Å². The zero-order valence-corrected chi connectivity index (χ0v) is 22.7. The minimum atomic E-state index is -4.93. The van der Waals surface area contributed by atoms with Gasteiger partial charge in [0.2, 0.25) is 5.43 Å². The molecule has 0 aliphatic carbocycles. The smallest absolute Gasteiger partial charge is 0.504 e. The number of alkyl halides is 6. The third kappa shape index (κ3) is 7.44. The number of aryl methyl sites for hydroxylation is 1. The number of benzene rings is 2. The molecule has 0 spiro atoms. The van der Waals surface area contributed by atoms with Gasteiger partial charge in [-0.25, -0.2) is 9.18 Å². The topological polar surface area (TPSA) is 130 Å². The number of fused-ring (bicyclic) bond motifs is 1. The molecule has 1 saturated heterocycles. The highest BCUT2D eigenvalue weighted by molar-refractivity contribution is 5.99. The lowest BCUT2D eigenvalue weighted by Gasteiger charge is -2.33. The summed E-state index contributed by atoms with van der Waals surface area (Å²) in [6.45, 7) is -0.742. The first-order chi connectivity index (χ1) is 20.4. The van der Waals surface area contributed by atoms with E-state index in [4.69, 9.17) is 5.11 Å². The van der Waals surface area contributed by atoms with Crippen LogP contribution in [-0.4, -0.2) is 58.6 Å². The molecule has 0 radical (unpaired) electrons. The van der Waals surface area contributed by atoms with Gasteiger partial charge in [0.1, 0.15) is 29.6 Å². The monoisotopic (exact) mass is 635 g/mol. The van der Waals surface area contributed by atoms with Gasteiger partial charge in [0, 0.05) is 38.7 Å². The van der Waals surface area contributed by atoms with E-state index < -0.39 is 82.1 Å². The number of rotatable bonds is 7. The van der Waals surface area contributed by atoms with E-state index in [0.717, 1.165) is 12.1 Å². The summed E-state index contributed by atoms with van der Waals surface area (Å²) < 4.78 is 102. The van der Waals surface area contributed by atoms with Crippen molar-refractivity contribution in [2.24, 2.45) is 0 Å². The second kappa shape index (κ2) is 12.1. The summed E-state index contributed by atoms with van der Waals surface area (Å²) in [5.74, 6) is -3.83. The first kappa shape index (κ1) is 32.2. The first-order valence-corrected chi connectivity index (χ1v) is 12.9. The maximum Gasteiger partial charge on any atom is 0.573 e. The number of halogens is 7. The van der Waals surface area contributed by atoms with Crippen molar-refractivity contribution >= 4 is 28.7 Å². The van der Waals surface area contributed by atoms with Crippen molar-refractivity contribution < 1.29 is 60.0 Å². The average Bonchev–Trinajstić information content (AvgIpc) is 2.88. The predicted octanol–water partition coefficient (Wildman–Crippen LogP) is 5.21. The summed E-state index contributed by atoms with van der Waals surface area (Å²) >= 11 is 0. The van der Waals surface area contributed by atoms with Gasteiger partial charge >= 0.3 is 18.7 Å². The Bertz CT molecular complexity index is 1650. The fourth-order valence-electron chi connectivity index (χ4n) is 4.96. The van der Waals surface area contributed by atoms with E-state index in [1.165, 1.54) is 17.9 Å². The Labute approximate surface area is 243 Å². The van der Waals surface area contributed by atoms with Crippen LogP contribution in [0.25, 0.3) is 10.9 Å². The Morgan fingerprint density at radius 3 is 2.32 bits per heavy atom. The largest absolute Gasteiger partial charge is 0.573 e. The molecule has 0 unspecified atom stereocenters. The van der Waals surface area contributed by atoms with Crippen LogP contribution in [0.1, 0.15) is 34.3 Å². The average molecular weight is 635 g/mol. The molecule has 44 heavy (non-hydrogen) atoms. The van der Waals surface area contributed by atoms with Crippen LogP contribution in [0, 0.1) is 12.7 Å². The molecule has 0 atom stereocenters. The molecule has 10 nitrogen and oxygen atoms in total. The van der Waals surface area contributed by atoms with Crippen molar-refractivity contribution in [1.29, 1.82) is 0 Å². The molecule has 0 bridgehead atoms. The van der Waals surface area contributed by atoms with Crippen molar-refractivity contribution in [1.82, 2.24) is 9.88 Å². The molecule has 1 aliphatic heterocycles. The first-order valence-electron chi connectivity index (χ1n) is 12.9. The van der Waals surface area contributed by atoms with Crippen molar-refractivity contribution in [3.8, 4) is 11.5 Å². The second-order valence-corrected chi connectivity index (χ2v) is 9.96. The molecule has 1 amide bonds. The van der Waals surface area contributed by atoms with E-state index in [0.29, 0.717) is 22.4 Å². The number of phenols is 1. The van der Waals surface area contributed by atoms with E-state index in [1.54, 1.807) is 0 Å². The molecule has 4 rings (SSSR count). The zero-order chi connectivity index (χ0) is 32.6. The van der Waals surface area contributed by atoms with Gasteiger partial charge in [-0.15, -0.1) is 13.2 Å². The Hall–Kier alpha value is -4.70. The third-order valence-electron chi connectivity index (χ3n) is 6.87. The van der Waals surface area contributed by atoms with Crippen LogP contribution >= 0.6 is 0 Å². The zero-order valence-electron chi connectivity index (χ0n) is 22.7. The number of nitrogens with zero attached hydrogens (tertiary/aromatic N) is 2. The van der Waals surface area contributed by atoms with E-state index in [9.17, 15) is 45.8 Å². The van der Waals surface area contributed by atoms with Crippen LogP contribution in [0.2, 0.25) is 0 Å². The minimum absolute atomic E-state index is 0.0271. The summed E-state index contributed by atoms with van der Waals surface area (Å²) in [5.41, 5.74) is -2.62. The normalized spacial score (nSPS) is 14.5. The van der Waals surface area contributed by atoms with Crippen LogP contribution in [0.3, 0.4) is 0 Å². The number of pyridine rings is 1. The number of hydrogen-bond donors (Lipinski definition) is 3. The summed E-state index contributed by atoms with van der Waals surface area (Å²) in [7, 11) is 0. The molecule has 238 valence electrons. The fraction of sp³-hybridized carbons (Fsp3) is 0.370. The number of nitrogens with one attached hydrogen (secondary N) is 1. The number of carboxylic acid groups (broad SMARTS) is 1. The number of hydrogen-bond acceptors (Lipinski definition) is 7. The third-order valence-corrected chi connectivity index (χ3v) is 6.87. The SMILES string of the molecule is Cc1cc(OC(F)(F)F)ccc1CNC(=O)c1cn(CC(F)(F)F)c2c(O)c(N3CCC(OC(=O)O)CC3)c(F)cc2c1=O. The molecule has 1 aliphatic rings. The van der Waals surface area contributed by atoms with Gasteiger partial charge in [0.15, 0.2) is 11.6 Å². The Kier molecular flexibility index (Phi) is 8.88. The van der Waals surface area contributed by atoms with Gasteiger partial charge in [-0.05, 0) is 36.2 Å². The van der Waals surface area contributed by atoms with Gasteiger partial charge in [0.25, 0.3) is 5.91 Å². The standard InChI is InChI=1S/C27H24F7N3O7/c1-13-8-16(44-27(32,33)34)3-2-14(13)10-35-24(40)18-11-37(12-26(29,30)31)20-17(22(18)38)9-19(28)21(23(20)39)36-6-4-15(5-7-36)43-25(41)42/h2-3,8-9,11,15,39H,4-7,10,12H2,1H3,(H,35,40)(H,41,42). The van der Waals surface area contributed by atoms with Crippen LogP contribution < -0.4 is 20.4 Å². The van der Waals surface area contributed by atoms with Gasteiger partial charge < -0.3 is 34.5 Å². The number of carbonyl (C=O) groups is 2. The molecule has 1 fully saturated rings. The maximum absolute atomic E-state index is 15.3. The number of aromatic hydroxyl groups is 1. The van der Waals surface area contributed by atoms with Gasteiger partial charge in [-0.2, -0.15) is 13.2 Å². The van der Waals surface area contributed by atoms with E-state index >= 15 is 4.39 Å². The van der Waals surface area contributed by atoms with Gasteiger partial charge in [-0.1, -0.05) is 6.07 Å². The summed E-state index contributed by atoms with van der Waals surface area (Å²) in [5, 5.41) is 21.4. The second-order valence-electron chi connectivity index (χ2n) is 9.96. The number of piperidine rings is 1. The van der Waals surface area contributed by atoms with Crippen LogP contribution in [0.4, 0.5) is 41.2 Å². The quantitative estimate of drug-likeness (QED) is 0.239. The lowest BCUT2D eigenvalue weighted by molar-refractivity contribution is -0.274. The Morgan fingerprint density at radius 2 is 1.75 bits per heavy atom. The Morgan fingerprint density at radius 1 is 1.09 bits per heavy atom. The number of phenolic OH excluding ortho intramolecular Hbond substituents is 1. The van der Waals surface area contributed by atoms with E-state index in [1.807, 2.05) is 0 Å². The maximum atomic E-state index is 15.3. The molecule has 3 aromatic rings. The minimum Gasteiger partial charge on any atom is -0.504 e. The number of aromatic nitrogens is 1. The molecule has 2 aromatic carbocycles. The highest BCUT2D eigenvalue weighted by atomic mass is 19.4.